The SMILES string of the molecule is CC1=C(C(=O)OCC2CCN(C(=O)OC(C)(C)C)CC2)C(c2ccc3c(c2)OCCO3)C2=C(CC(C)(C)CC2=O)N1. The van der Waals surface area contributed by atoms with E-state index in [1.807, 2.05) is 45.9 Å². The molecule has 1 aromatic rings. The number of carbonyl (C=O) groups excluding carboxylic acids is 3. The van der Waals surface area contributed by atoms with Crippen LogP contribution in [0, 0.1) is 11.3 Å². The molecule has 1 aliphatic carbocycles. The van der Waals surface area contributed by atoms with E-state index in [9.17, 15) is 14.4 Å². The van der Waals surface area contributed by atoms with Crippen molar-refractivity contribution in [3.8, 4) is 11.5 Å². The van der Waals surface area contributed by atoms with E-state index < -0.39 is 17.5 Å². The number of carbonyl (C=O) groups is 3. The molecule has 1 N–H and O–H groups in total. The Kier molecular flexibility index (Phi) is 7.83. The van der Waals surface area contributed by atoms with Crippen LogP contribution in [0.5, 0.6) is 11.5 Å². The summed E-state index contributed by atoms with van der Waals surface area (Å²) in [7, 11) is 0. The van der Waals surface area contributed by atoms with Crippen LogP contribution in [0.4, 0.5) is 4.79 Å². The molecule has 1 amide bonds. The van der Waals surface area contributed by atoms with Gasteiger partial charge in [-0.25, -0.2) is 9.59 Å². The van der Waals surface area contributed by atoms with Crippen LogP contribution in [0.15, 0.2) is 40.7 Å². The first-order chi connectivity index (χ1) is 19.3. The minimum Gasteiger partial charge on any atom is -0.486 e. The third kappa shape index (κ3) is 6.39. The smallest absolute Gasteiger partial charge is 0.410 e. The number of nitrogens with one attached hydrogen (secondary N) is 1. The molecule has 1 fully saturated rings. The quantitative estimate of drug-likeness (QED) is 0.493. The predicted octanol–water partition coefficient (Wildman–Crippen LogP) is 5.25. The van der Waals surface area contributed by atoms with E-state index in [0.29, 0.717) is 67.5 Å². The van der Waals surface area contributed by atoms with Gasteiger partial charge >= 0.3 is 12.1 Å². The Morgan fingerprint density at radius 1 is 1.07 bits per heavy atom. The van der Waals surface area contributed by atoms with Crippen molar-refractivity contribution in [1.29, 1.82) is 0 Å². The Balaban J connectivity index is 1.34. The number of allylic oxidation sites excluding steroid dienone is 3. The molecule has 5 rings (SSSR count). The lowest BCUT2D eigenvalue weighted by atomic mass is 9.68. The van der Waals surface area contributed by atoms with Gasteiger partial charge in [0.1, 0.15) is 18.8 Å². The Hall–Kier alpha value is -3.49. The van der Waals surface area contributed by atoms with Crippen molar-refractivity contribution in [1.82, 2.24) is 10.2 Å². The van der Waals surface area contributed by atoms with Crippen LogP contribution in [0.1, 0.15) is 78.7 Å². The van der Waals surface area contributed by atoms with E-state index in [0.717, 1.165) is 24.1 Å². The largest absolute Gasteiger partial charge is 0.486 e. The van der Waals surface area contributed by atoms with Gasteiger partial charge in [0.15, 0.2) is 17.3 Å². The number of ether oxygens (including phenoxy) is 4. The molecule has 222 valence electrons. The van der Waals surface area contributed by atoms with Gasteiger partial charge in [-0.05, 0) is 76.0 Å². The van der Waals surface area contributed by atoms with Gasteiger partial charge in [0.05, 0.1) is 12.2 Å². The maximum Gasteiger partial charge on any atom is 0.410 e. The van der Waals surface area contributed by atoms with E-state index in [1.165, 1.54) is 0 Å². The number of amides is 1. The first kappa shape index (κ1) is 29.0. The van der Waals surface area contributed by atoms with Crippen molar-refractivity contribution in [2.45, 2.75) is 78.7 Å². The summed E-state index contributed by atoms with van der Waals surface area (Å²) in [6.07, 6.45) is 2.25. The minimum absolute atomic E-state index is 0.0379. The van der Waals surface area contributed by atoms with E-state index in [-0.39, 0.29) is 29.8 Å². The van der Waals surface area contributed by atoms with E-state index >= 15 is 0 Å². The molecule has 41 heavy (non-hydrogen) atoms. The number of piperidine rings is 1. The molecule has 1 atom stereocenters. The Labute approximate surface area is 242 Å². The maximum atomic E-state index is 13.8. The first-order valence-corrected chi connectivity index (χ1v) is 14.6. The van der Waals surface area contributed by atoms with E-state index in [1.54, 1.807) is 4.90 Å². The fourth-order valence-corrected chi connectivity index (χ4v) is 6.16. The molecule has 0 spiro atoms. The molecule has 3 heterocycles. The Morgan fingerprint density at radius 2 is 1.76 bits per heavy atom. The fourth-order valence-electron chi connectivity index (χ4n) is 6.16. The Morgan fingerprint density at radius 3 is 2.44 bits per heavy atom. The highest BCUT2D eigenvalue weighted by Gasteiger charge is 2.43. The highest BCUT2D eigenvalue weighted by molar-refractivity contribution is 6.04. The normalized spacial score (nSPS) is 22.6. The number of esters is 1. The summed E-state index contributed by atoms with van der Waals surface area (Å²) in [6, 6.07) is 5.64. The van der Waals surface area contributed by atoms with Gasteiger partial charge in [0.2, 0.25) is 0 Å². The molecule has 9 heteroatoms. The summed E-state index contributed by atoms with van der Waals surface area (Å²) < 4.78 is 23.0. The van der Waals surface area contributed by atoms with Gasteiger partial charge in [-0.15, -0.1) is 0 Å². The highest BCUT2D eigenvalue weighted by atomic mass is 16.6. The maximum absolute atomic E-state index is 13.8. The molecule has 9 nitrogen and oxygen atoms in total. The number of hydrogen-bond donors (Lipinski definition) is 1. The van der Waals surface area contributed by atoms with Gasteiger partial charge in [-0.1, -0.05) is 19.9 Å². The zero-order valence-electron chi connectivity index (χ0n) is 25.1. The van der Waals surface area contributed by atoms with E-state index in [4.69, 9.17) is 18.9 Å². The number of Topliss-reactive ketones (excluding diaryl/α,β-unsaturated/α-hetero) is 1. The molecule has 0 bridgehead atoms. The third-order valence-electron chi connectivity index (χ3n) is 8.08. The second kappa shape index (κ2) is 11.1. The molecule has 0 saturated carbocycles. The number of ketones is 1. The van der Waals surface area contributed by atoms with Crippen molar-refractivity contribution in [3.63, 3.8) is 0 Å². The summed E-state index contributed by atoms with van der Waals surface area (Å²) in [5.41, 5.74) is 2.72. The van der Waals surface area contributed by atoms with Crippen molar-refractivity contribution in [2.24, 2.45) is 11.3 Å². The number of benzene rings is 1. The summed E-state index contributed by atoms with van der Waals surface area (Å²) in [5, 5.41) is 3.40. The zero-order chi connectivity index (χ0) is 29.5. The number of likely N-dealkylation sites (tertiary alicyclic amines) is 1. The molecular weight excluding hydrogens is 524 g/mol. The number of rotatable bonds is 4. The molecular formula is C32H42N2O7. The van der Waals surface area contributed by atoms with Gasteiger partial charge in [0, 0.05) is 42.4 Å². The zero-order valence-corrected chi connectivity index (χ0v) is 25.1. The minimum atomic E-state index is -0.563. The summed E-state index contributed by atoms with van der Waals surface area (Å²) in [5.74, 6) is 0.438. The van der Waals surface area contributed by atoms with Crippen LogP contribution in [0.3, 0.4) is 0 Å². The first-order valence-electron chi connectivity index (χ1n) is 14.6. The van der Waals surface area contributed by atoms with Gasteiger partial charge in [-0.3, -0.25) is 4.79 Å². The van der Waals surface area contributed by atoms with Crippen LogP contribution >= 0.6 is 0 Å². The van der Waals surface area contributed by atoms with Crippen LogP contribution < -0.4 is 14.8 Å². The van der Waals surface area contributed by atoms with Crippen LogP contribution in [-0.2, 0) is 19.1 Å². The molecule has 1 unspecified atom stereocenters. The molecule has 1 aromatic carbocycles. The lowest BCUT2D eigenvalue weighted by molar-refractivity contribution is -0.141. The number of fused-ring (bicyclic) bond motifs is 1. The molecule has 1 saturated heterocycles. The summed E-state index contributed by atoms with van der Waals surface area (Å²) in [6.45, 7) is 13.9. The monoisotopic (exact) mass is 566 g/mol. The van der Waals surface area contributed by atoms with Gasteiger partial charge in [0.25, 0.3) is 0 Å². The number of dihydropyridines is 1. The van der Waals surface area contributed by atoms with Gasteiger partial charge in [-0.2, -0.15) is 0 Å². The van der Waals surface area contributed by atoms with E-state index in [2.05, 4.69) is 19.2 Å². The number of nitrogens with zero attached hydrogens (tertiary/aromatic N) is 1. The predicted molar refractivity (Wildman–Crippen MR) is 153 cm³/mol. The van der Waals surface area contributed by atoms with Crippen molar-refractivity contribution in [2.75, 3.05) is 32.9 Å². The lowest BCUT2D eigenvalue weighted by Crippen LogP contribution is -2.42. The molecule has 0 aromatic heterocycles. The summed E-state index contributed by atoms with van der Waals surface area (Å²) >= 11 is 0. The van der Waals surface area contributed by atoms with Crippen LogP contribution in [-0.4, -0.2) is 61.3 Å². The molecule has 3 aliphatic heterocycles. The van der Waals surface area contributed by atoms with Crippen molar-refractivity contribution < 1.29 is 33.3 Å². The van der Waals surface area contributed by atoms with Crippen LogP contribution in [0.2, 0.25) is 0 Å². The lowest BCUT2D eigenvalue weighted by Gasteiger charge is -2.39. The second-order valence-electron chi connectivity index (χ2n) is 13.3. The summed E-state index contributed by atoms with van der Waals surface area (Å²) in [4.78, 5) is 41.5. The topological polar surface area (TPSA) is 103 Å². The second-order valence-corrected chi connectivity index (χ2v) is 13.3. The van der Waals surface area contributed by atoms with Crippen LogP contribution in [0.25, 0.3) is 0 Å². The fraction of sp³-hybridized carbons (Fsp3) is 0.594. The number of hydrogen-bond acceptors (Lipinski definition) is 8. The average Bonchev–Trinajstić information content (AvgIpc) is 2.89. The average molecular weight is 567 g/mol. The van der Waals surface area contributed by atoms with Gasteiger partial charge < -0.3 is 29.2 Å². The highest BCUT2D eigenvalue weighted by Crippen LogP contribution is 2.48. The molecule has 0 radical (unpaired) electrons. The standard InChI is InChI=1S/C32H42N2O7/c1-19-26(29(36)40-18-20-9-11-34(12-10-20)30(37)41-31(2,3)4)27(21-7-8-24-25(15-21)39-14-13-38-24)28-22(33-19)16-32(5,6)17-23(28)35/h7-8,15,20,27,33H,9-14,16-18H2,1-6H3. The van der Waals surface area contributed by atoms with Crippen molar-refractivity contribution >= 4 is 17.8 Å². The third-order valence-corrected chi connectivity index (χ3v) is 8.08. The van der Waals surface area contributed by atoms with Crippen molar-refractivity contribution in [3.05, 3.63) is 46.3 Å². The molecule has 4 aliphatic rings. The Bertz CT molecular complexity index is 1300.